The highest BCUT2D eigenvalue weighted by molar-refractivity contribution is 5.80. The van der Waals surface area contributed by atoms with E-state index in [9.17, 15) is 9.18 Å². The topological polar surface area (TPSA) is 103 Å². The monoisotopic (exact) mass is 346 g/mol. The number of carbonyl (C=O) groups excluding carboxylic acids is 1. The van der Waals surface area contributed by atoms with Gasteiger partial charge in [0.15, 0.2) is 23.4 Å². The van der Waals surface area contributed by atoms with Crippen LogP contribution < -0.4 is 10.1 Å². The molecule has 8 nitrogen and oxygen atoms in total. The third-order valence-electron chi connectivity index (χ3n) is 3.25. The number of hydrogen-bond acceptors (Lipinski definition) is 7. The van der Waals surface area contributed by atoms with Crippen LogP contribution >= 0.6 is 0 Å². The Labute approximate surface area is 142 Å². The minimum Gasteiger partial charge on any atom is -0.478 e. The lowest BCUT2D eigenvalue weighted by molar-refractivity contribution is -0.127. The lowest BCUT2D eigenvalue weighted by Gasteiger charge is -2.14. The fourth-order valence-electron chi connectivity index (χ4n) is 1.99. The van der Waals surface area contributed by atoms with Crippen molar-refractivity contribution >= 4 is 5.91 Å². The average molecular weight is 346 g/mol. The number of nitrogens with one attached hydrogen (secondary N) is 1. The number of benzene rings is 1. The predicted octanol–water partition coefficient (Wildman–Crippen LogP) is 2.26. The molecule has 0 radical (unpaired) electrons. The van der Waals surface area contributed by atoms with Gasteiger partial charge in [0, 0.05) is 6.07 Å². The fraction of sp³-hybridized carbons (Fsp3) is 0.250. The molecule has 0 aliphatic carbocycles. The Morgan fingerprint density at radius 2 is 2.12 bits per heavy atom. The summed E-state index contributed by atoms with van der Waals surface area (Å²) in [5.74, 6) is 0.103. The molecule has 0 aliphatic rings. The normalized spacial score (nSPS) is 12.0. The molecule has 1 N–H and O–H groups in total. The zero-order chi connectivity index (χ0) is 17.8. The minimum absolute atomic E-state index is 0.00614. The highest BCUT2D eigenvalue weighted by Crippen LogP contribution is 2.17. The number of ether oxygens (including phenoxy) is 1. The van der Waals surface area contributed by atoms with E-state index in [1.807, 2.05) is 0 Å². The van der Waals surface area contributed by atoms with Crippen LogP contribution in [0, 0.1) is 12.7 Å². The van der Waals surface area contributed by atoms with Crippen molar-refractivity contribution in [1.29, 1.82) is 0 Å². The number of hydrogen-bond donors (Lipinski definition) is 1. The molecule has 1 atom stereocenters. The van der Waals surface area contributed by atoms with Crippen molar-refractivity contribution < 1.29 is 23.0 Å². The molecule has 0 fully saturated rings. The lowest BCUT2D eigenvalue weighted by atomic mass is 10.3. The van der Waals surface area contributed by atoms with Gasteiger partial charge in [-0.25, -0.2) is 4.39 Å². The van der Waals surface area contributed by atoms with Crippen LogP contribution in [0.25, 0.3) is 11.5 Å². The largest absolute Gasteiger partial charge is 0.478 e. The van der Waals surface area contributed by atoms with Gasteiger partial charge in [0.25, 0.3) is 5.91 Å². The van der Waals surface area contributed by atoms with Crippen LogP contribution in [0.4, 0.5) is 4.39 Å². The SMILES string of the molecule is Cc1cc(-c2noc(CNC(=O)[C@H](C)Oc3ccccc3F)n2)no1. The molecule has 3 aromatic rings. The van der Waals surface area contributed by atoms with Gasteiger partial charge >= 0.3 is 0 Å². The number of rotatable bonds is 6. The lowest BCUT2D eigenvalue weighted by Crippen LogP contribution is -2.36. The number of aromatic nitrogens is 3. The molecule has 1 amide bonds. The van der Waals surface area contributed by atoms with Crippen molar-refractivity contribution in [2.24, 2.45) is 0 Å². The maximum atomic E-state index is 13.5. The molecule has 0 saturated carbocycles. The second-order valence-electron chi connectivity index (χ2n) is 5.24. The number of carbonyl (C=O) groups is 1. The first kappa shape index (κ1) is 16.6. The predicted molar refractivity (Wildman–Crippen MR) is 82.9 cm³/mol. The first-order valence-corrected chi connectivity index (χ1v) is 7.48. The van der Waals surface area contributed by atoms with E-state index in [4.69, 9.17) is 13.8 Å². The molecule has 0 bridgehead atoms. The van der Waals surface area contributed by atoms with Crippen LogP contribution in [-0.2, 0) is 11.3 Å². The van der Waals surface area contributed by atoms with Crippen molar-refractivity contribution in [1.82, 2.24) is 20.6 Å². The molecule has 9 heteroatoms. The van der Waals surface area contributed by atoms with Crippen LogP contribution in [-0.4, -0.2) is 27.3 Å². The third-order valence-corrected chi connectivity index (χ3v) is 3.25. The first-order valence-electron chi connectivity index (χ1n) is 7.48. The van der Waals surface area contributed by atoms with Gasteiger partial charge in [0.1, 0.15) is 5.76 Å². The number of para-hydroxylation sites is 1. The van der Waals surface area contributed by atoms with Gasteiger partial charge in [-0.2, -0.15) is 4.98 Å². The molecule has 3 rings (SSSR count). The Hall–Kier alpha value is -3.23. The highest BCUT2D eigenvalue weighted by atomic mass is 19.1. The summed E-state index contributed by atoms with van der Waals surface area (Å²) in [6, 6.07) is 7.53. The summed E-state index contributed by atoms with van der Waals surface area (Å²) in [7, 11) is 0. The minimum atomic E-state index is -0.891. The summed E-state index contributed by atoms with van der Waals surface area (Å²) < 4.78 is 28.8. The Morgan fingerprint density at radius 1 is 1.32 bits per heavy atom. The summed E-state index contributed by atoms with van der Waals surface area (Å²) >= 11 is 0. The summed E-state index contributed by atoms with van der Waals surface area (Å²) in [6.07, 6.45) is -0.891. The summed E-state index contributed by atoms with van der Waals surface area (Å²) in [4.78, 5) is 16.1. The molecule has 25 heavy (non-hydrogen) atoms. The first-order chi connectivity index (χ1) is 12.0. The number of amides is 1. The number of nitrogens with zero attached hydrogens (tertiary/aromatic N) is 3. The van der Waals surface area contributed by atoms with Crippen molar-refractivity contribution in [3.05, 3.63) is 47.8 Å². The summed E-state index contributed by atoms with van der Waals surface area (Å²) in [5.41, 5.74) is 0.440. The van der Waals surface area contributed by atoms with E-state index < -0.39 is 17.8 Å². The van der Waals surface area contributed by atoms with Gasteiger partial charge in [-0.05, 0) is 26.0 Å². The van der Waals surface area contributed by atoms with E-state index in [2.05, 4.69) is 20.6 Å². The Morgan fingerprint density at radius 3 is 2.84 bits per heavy atom. The van der Waals surface area contributed by atoms with E-state index in [0.29, 0.717) is 11.5 Å². The molecule has 130 valence electrons. The van der Waals surface area contributed by atoms with E-state index in [0.717, 1.165) is 0 Å². The Bertz CT molecular complexity index is 876. The van der Waals surface area contributed by atoms with E-state index >= 15 is 0 Å². The Kier molecular flexibility index (Phi) is 4.73. The zero-order valence-electron chi connectivity index (χ0n) is 13.5. The summed E-state index contributed by atoms with van der Waals surface area (Å²) in [6.45, 7) is 3.27. The van der Waals surface area contributed by atoms with Crippen molar-refractivity contribution in [3.63, 3.8) is 0 Å². The van der Waals surface area contributed by atoms with E-state index in [1.165, 1.54) is 25.1 Å². The summed E-state index contributed by atoms with van der Waals surface area (Å²) in [5, 5.41) is 10.1. The molecule has 0 unspecified atom stereocenters. The molecule has 2 heterocycles. The second kappa shape index (κ2) is 7.12. The van der Waals surface area contributed by atoms with Crippen molar-refractivity contribution in [3.8, 4) is 17.3 Å². The van der Waals surface area contributed by atoms with Gasteiger partial charge in [-0.1, -0.05) is 22.4 Å². The maximum Gasteiger partial charge on any atom is 0.261 e. The molecule has 0 aliphatic heterocycles. The molecule has 1 aromatic carbocycles. The number of aryl methyl sites for hydroxylation is 1. The van der Waals surface area contributed by atoms with Gasteiger partial charge < -0.3 is 19.1 Å². The molecule has 0 spiro atoms. The van der Waals surface area contributed by atoms with Crippen LogP contribution in [0.2, 0.25) is 0 Å². The molecule has 0 saturated heterocycles. The molecule has 2 aromatic heterocycles. The maximum absolute atomic E-state index is 13.5. The van der Waals surface area contributed by atoms with Crippen LogP contribution in [0.3, 0.4) is 0 Å². The fourth-order valence-corrected chi connectivity index (χ4v) is 1.99. The van der Waals surface area contributed by atoms with Gasteiger partial charge in [-0.15, -0.1) is 0 Å². The quantitative estimate of drug-likeness (QED) is 0.730. The van der Waals surface area contributed by atoms with Crippen LogP contribution in [0.5, 0.6) is 5.75 Å². The highest BCUT2D eigenvalue weighted by Gasteiger charge is 2.18. The molecular weight excluding hydrogens is 331 g/mol. The molecular formula is C16H15FN4O4. The third kappa shape index (κ3) is 4.00. The smallest absolute Gasteiger partial charge is 0.261 e. The van der Waals surface area contributed by atoms with E-state index in [1.54, 1.807) is 19.1 Å². The van der Waals surface area contributed by atoms with Crippen molar-refractivity contribution in [2.75, 3.05) is 0 Å². The van der Waals surface area contributed by atoms with Crippen LogP contribution in [0.1, 0.15) is 18.6 Å². The van der Waals surface area contributed by atoms with Gasteiger partial charge in [0.05, 0.1) is 6.54 Å². The average Bonchev–Trinajstić information content (AvgIpc) is 3.23. The number of halogens is 1. The van der Waals surface area contributed by atoms with E-state index in [-0.39, 0.29) is 24.0 Å². The Balaban J connectivity index is 1.55. The van der Waals surface area contributed by atoms with Crippen molar-refractivity contribution in [2.45, 2.75) is 26.5 Å². The second-order valence-corrected chi connectivity index (χ2v) is 5.24. The zero-order valence-corrected chi connectivity index (χ0v) is 13.5. The van der Waals surface area contributed by atoms with Gasteiger partial charge in [-0.3, -0.25) is 4.79 Å². The van der Waals surface area contributed by atoms with Crippen LogP contribution in [0.15, 0.2) is 39.4 Å². The standard InChI is InChI=1S/C16H15FN4O4/c1-9-7-12(20-24-9)15-19-14(25-21-15)8-18-16(22)10(2)23-13-6-4-3-5-11(13)17/h3-7,10H,8H2,1-2H3,(H,18,22)/t10-/m0/s1. The van der Waals surface area contributed by atoms with Gasteiger partial charge in [0.2, 0.25) is 11.7 Å².